The second kappa shape index (κ2) is 7.32. The SMILES string of the molecule is COC(=O)C1C(C)=NC2=C(C(=O)CCC2)[C@H]1c1cc(OC)ccc1OC. The van der Waals surface area contributed by atoms with E-state index in [1.807, 2.05) is 13.0 Å². The van der Waals surface area contributed by atoms with Crippen LogP contribution in [0.3, 0.4) is 0 Å². The zero-order chi connectivity index (χ0) is 18.8. The smallest absolute Gasteiger partial charge is 0.315 e. The van der Waals surface area contributed by atoms with Crippen LogP contribution >= 0.6 is 0 Å². The van der Waals surface area contributed by atoms with Crippen LogP contribution in [-0.4, -0.2) is 38.8 Å². The molecule has 6 heteroatoms. The van der Waals surface area contributed by atoms with E-state index in [2.05, 4.69) is 4.99 Å². The van der Waals surface area contributed by atoms with Crippen molar-refractivity contribution in [1.82, 2.24) is 0 Å². The molecule has 0 N–H and O–H groups in total. The number of nitrogens with zero attached hydrogens (tertiary/aromatic N) is 1. The van der Waals surface area contributed by atoms with Crippen LogP contribution < -0.4 is 9.47 Å². The van der Waals surface area contributed by atoms with E-state index >= 15 is 0 Å². The monoisotopic (exact) mass is 357 g/mol. The van der Waals surface area contributed by atoms with Crippen LogP contribution in [0.4, 0.5) is 0 Å². The van der Waals surface area contributed by atoms with Crippen molar-refractivity contribution in [2.75, 3.05) is 21.3 Å². The third-order valence-corrected chi connectivity index (χ3v) is 5.06. The topological polar surface area (TPSA) is 74.2 Å². The zero-order valence-corrected chi connectivity index (χ0v) is 15.5. The van der Waals surface area contributed by atoms with Gasteiger partial charge in [-0.15, -0.1) is 0 Å². The standard InChI is InChI=1S/C20H23NO5/c1-11-17(20(23)26-4)18(19-14(21-11)6-5-7-15(19)22)13-10-12(24-2)8-9-16(13)25-3/h8-10,17-18H,5-7H2,1-4H3/t17?,18-/m0/s1. The number of allylic oxidation sites excluding steroid dienone is 2. The number of ether oxygens (including phenoxy) is 3. The minimum absolute atomic E-state index is 0.0336. The van der Waals surface area contributed by atoms with Crippen LogP contribution in [0.15, 0.2) is 34.5 Å². The molecule has 0 aromatic heterocycles. The molecule has 2 aliphatic rings. The van der Waals surface area contributed by atoms with Crippen LogP contribution in [0.1, 0.15) is 37.7 Å². The number of carbonyl (C=O) groups is 2. The average Bonchev–Trinajstić information content (AvgIpc) is 2.66. The molecule has 0 amide bonds. The van der Waals surface area contributed by atoms with Crippen molar-refractivity contribution in [2.45, 2.75) is 32.1 Å². The summed E-state index contributed by atoms with van der Waals surface area (Å²) in [4.78, 5) is 29.9. The maximum Gasteiger partial charge on any atom is 0.315 e. The van der Waals surface area contributed by atoms with Gasteiger partial charge in [0.05, 0.1) is 21.3 Å². The molecule has 0 radical (unpaired) electrons. The van der Waals surface area contributed by atoms with E-state index in [1.165, 1.54) is 7.11 Å². The normalized spacial score (nSPS) is 22.5. The Morgan fingerprint density at radius 1 is 1.15 bits per heavy atom. The number of Topliss-reactive ketones (excluding diaryl/α,β-unsaturated/α-hetero) is 1. The number of esters is 1. The summed E-state index contributed by atoms with van der Waals surface area (Å²) in [6, 6.07) is 5.40. The van der Waals surface area contributed by atoms with E-state index < -0.39 is 17.8 Å². The summed E-state index contributed by atoms with van der Waals surface area (Å²) in [5, 5.41) is 0. The Kier molecular flexibility index (Phi) is 5.11. The van der Waals surface area contributed by atoms with E-state index in [0.29, 0.717) is 29.2 Å². The summed E-state index contributed by atoms with van der Waals surface area (Å²) < 4.78 is 15.9. The quantitative estimate of drug-likeness (QED) is 0.774. The van der Waals surface area contributed by atoms with Crippen molar-refractivity contribution in [1.29, 1.82) is 0 Å². The highest BCUT2D eigenvalue weighted by molar-refractivity contribution is 6.09. The van der Waals surface area contributed by atoms with Crippen LogP contribution in [0.2, 0.25) is 0 Å². The summed E-state index contributed by atoms with van der Waals surface area (Å²) in [5.74, 6) is -0.299. The fourth-order valence-corrected chi connectivity index (χ4v) is 3.86. The number of benzene rings is 1. The molecule has 2 atom stereocenters. The van der Waals surface area contributed by atoms with Crippen molar-refractivity contribution in [3.63, 3.8) is 0 Å². The third kappa shape index (κ3) is 3.00. The van der Waals surface area contributed by atoms with Crippen LogP contribution in [0.25, 0.3) is 0 Å². The molecule has 1 heterocycles. The molecular weight excluding hydrogens is 334 g/mol. The Morgan fingerprint density at radius 3 is 2.58 bits per heavy atom. The lowest BCUT2D eigenvalue weighted by Gasteiger charge is -2.34. The van der Waals surface area contributed by atoms with E-state index in [1.54, 1.807) is 26.4 Å². The summed E-state index contributed by atoms with van der Waals surface area (Å²) in [6.07, 6.45) is 1.97. The molecule has 26 heavy (non-hydrogen) atoms. The maximum absolute atomic E-state index is 12.8. The largest absolute Gasteiger partial charge is 0.497 e. The molecule has 0 spiro atoms. The number of aliphatic imine (C=N–C) groups is 1. The third-order valence-electron chi connectivity index (χ3n) is 5.06. The first-order chi connectivity index (χ1) is 12.5. The molecule has 1 aliphatic heterocycles. The number of hydrogen-bond donors (Lipinski definition) is 0. The molecule has 0 bridgehead atoms. The molecule has 1 aliphatic carbocycles. The molecule has 3 rings (SSSR count). The number of rotatable bonds is 4. The highest BCUT2D eigenvalue weighted by Gasteiger charge is 2.44. The van der Waals surface area contributed by atoms with Gasteiger partial charge in [-0.25, -0.2) is 0 Å². The van der Waals surface area contributed by atoms with Crippen LogP contribution in [0.5, 0.6) is 11.5 Å². The Labute approximate surface area is 152 Å². The second-order valence-corrected chi connectivity index (χ2v) is 6.48. The highest BCUT2D eigenvalue weighted by Crippen LogP contribution is 2.46. The Balaban J connectivity index is 2.25. The van der Waals surface area contributed by atoms with Gasteiger partial charge in [0, 0.05) is 34.9 Å². The van der Waals surface area contributed by atoms with Gasteiger partial charge in [0.1, 0.15) is 17.4 Å². The minimum Gasteiger partial charge on any atom is -0.497 e. The van der Waals surface area contributed by atoms with Crippen molar-refractivity contribution >= 4 is 17.5 Å². The van der Waals surface area contributed by atoms with Gasteiger partial charge in [0.25, 0.3) is 0 Å². The molecule has 1 aromatic carbocycles. The number of methoxy groups -OCH3 is 3. The molecule has 1 unspecified atom stereocenters. The number of ketones is 1. The van der Waals surface area contributed by atoms with Crippen molar-refractivity contribution in [2.24, 2.45) is 10.9 Å². The molecule has 0 saturated heterocycles. The lowest BCUT2D eigenvalue weighted by atomic mass is 9.71. The molecule has 6 nitrogen and oxygen atoms in total. The van der Waals surface area contributed by atoms with Gasteiger partial charge in [0.15, 0.2) is 5.78 Å². The first kappa shape index (κ1) is 18.2. The first-order valence-electron chi connectivity index (χ1n) is 8.63. The Morgan fingerprint density at radius 2 is 1.92 bits per heavy atom. The summed E-state index contributed by atoms with van der Waals surface area (Å²) >= 11 is 0. The molecule has 1 aromatic rings. The van der Waals surface area contributed by atoms with Crippen molar-refractivity contribution < 1.29 is 23.8 Å². The highest BCUT2D eigenvalue weighted by atomic mass is 16.5. The van der Waals surface area contributed by atoms with Gasteiger partial charge >= 0.3 is 5.97 Å². The predicted octanol–water partition coefficient (Wildman–Crippen LogP) is 3.06. The van der Waals surface area contributed by atoms with Gasteiger partial charge in [-0.05, 0) is 38.0 Å². The molecular formula is C20H23NO5. The van der Waals surface area contributed by atoms with Crippen LogP contribution in [0, 0.1) is 5.92 Å². The van der Waals surface area contributed by atoms with Gasteiger partial charge in [0.2, 0.25) is 0 Å². The fraction of sp³-hybridized carbons (Fsp3) is 0.450. The lowest BCUT2D eigenvalue weighted by molar-refractivity contribution is -0.143. The molecule has 0 fully saturated rings. The van der Waals surface area contributed by atoms with Crippen LogP contribution in [-0.2, 0) is 14.3 Å². The predicted molar refractivity (Wildman–Crippen MR) is 96.8 cm³/mol. The van der Waals surface area contributed by atoms with E-state index in [-0.39, 0.29) is 5.78 Å². The summed E-state index contributed by atoms with van der Waals surface area (Å²) in [6.45, 7) is 1.81. The minimum atomic E-state index is -0.665. The average molecular weight is 357 g/mol. The number of carbonyl (C=O) groups excluding carboxylic acids is 2. The van der Waals surface area contributed by atoms with Gasteiger partial charge in [-0.1, -0.05) is 0 Å². The zero-order valence-electron chi connectivity index (χ0n) is 15.5. The van der Waals surface area contributed by atoms with E-state index in [9.17, 15) is 9.59 Å². The van der Waals surface area contributed by atoms with E-state index in [0.717, 1.165) is 24.1 Å². The Bertz CT molecular complexity index is 808. The van der Waals surface area contributed by atoms with Gasteiger partial charge < -0.3 is 14.2 Å². The van der Waals surface area contributed by atoms with Crippen molar-refractivity contribution in [3.05, 3.63) is 35.0 Å². The molecule has 138 valence electrons. The second-order valence-electron chi connectivity index (χ2n) is 6.48. The summed E-state index contributed by atoms with van der Waals surface area (Å²) in [7, 11) is 4.50. The van der Waals surface area contributed by atoms with E-state index in [4.69, 9.17) is 14.2 Å². The fourth-order valence-electron chi connectivity index (χ4n) is 3.86. The first-order valence-corrected chi connectivity index (χ1v) is 8.63. The molecule has 0 saturated carbocycles. The number of hydrogen-bond acceptors (Lipinski definition) is 6. The lowest BCUT2D eigenvalue weighted by Crippen LogP contribution is -2.37. The maximum atomic E-state index is 12.8. The Hall–Kier alpha value is -2.63. The van der Waals surface area contributed by atoms with Gasteiger partial charge in [-0.3, -0.25) is 14.6 Å². The summed E-state index contributed by atoms with van der Waals surface area (Å²) in [5.41, 5.74) is 2.76. The van der Waals surface area contributed by atoms with Gasteiger partial charge in [-0.2, -0.15) is 0 Å². The van der Waals surface area contributed by atoms with Crippen molar-refractivity contribution in [3.8, 4) is 11.5 Å².